The molecule has 1 aliphatic heterocycles. The summed E-state index contributed by atoms with van der Waals surface area (Å²) in [6, 6.07) is 6.15. The maximum absolute atomic E-state index is 12.7. The third kappa shape index (κ3) is 4.35. The summed E-state index contributed by atoms with van der Waals surface area (Å²) in [7, 11) is 0. The van der Waals surface area contributed by atoms with Crippen LogP contribution in [0.5, 0.6) is 0 Å². The van der Waals surface area contributed by atoms with Gasteiger partial charge in [-0.25, -0.2) is 15.0 Å². The summed E-state index contributed by atoms with van der Waals surface area (Å²) in [5, 5.41) is 3.54. The number of rotatable bonds is 4. The summed E-state index contributed by atoms with van der Waals surface area (Å²) in [5.74, 6) is 0.716. The number of anilines is 2. The average Bonchev–Trinajstić information content (AvgIpc) is 2.75. The molecular formula is C20H26N6O. The standard InChI is InChI=1S/C20H26N6O/c27-19(25-11-13-26(14-12-25)20-21-9-4-10-22-20)18-8-7-17(15-23-18)24-16-5-2-1-3-6-16/h4,7-10,15-16,24H,1-3,5-6,11-14H2. The molecule has 7 heteroatoms. The normalized spacial score (nSPS) is 18.4. The number of carbonyl (C=O) groups is 1. The van der Waals surface area contributed by atoms with E-state index in [0.717, 1.165) is 24.7 Å². The molecule has 27 heavy (non-hydrogen) atoms. The largest absolute Gasteiger partial charge is 0.381 e. The summed E-state index contributed by atoms with van der Waals surface area (Å²) in [5.41, 5.74) is 1.51. The van der Waals surface area contributed by atoms with Crippen LogP contribution in [0, 0.1) is 0 Å². The van der Waals surface area contributed by atoms with Crippen molar-refractivity contribution in [3.05, 3.63) is 42.5 Å². The summed E-state index contributed by atoms with van der Waals surface area (Å²) >= 11 is 0. The van der Waals surface area contributed by atoms with E-state index in [9.17, 15) is 4.79 Å². The molecule has 2 aromatic rings. The number of pyridine rings is 1. The Morgan fingerprint density at radius 3 is 2.37 bits per heavy atom. The van der Waals surface area contributed by atoms with Crippen LogP contribution in [0.2, 0.25) is 0 Å². The Kier molecular flexibility index (Phi) is 5.46. The fraction of sp³-hybridized carbons (Fsp3) is 0.500. The number of aromatic nitrogens is 3. The highest BCUT2D eigenvalue weighted by atomic mass is 16.2. The topological polar surface area (TPSA) is 74.2 Å². The zero-order chi connectivity index (χ0) is 18.5. The molecule has 2 aliphatic rings. The van der Waals surface area contributed by atoms with E-state index in [1.165, 1.54) is 32.1 Å². The maximum atomic E-state index is 12.7. The average molecular weight is 366 g/mol. The van der Waals surface area contributed by atoms with E-state index in [1.807, 2.05) is 23.1 Å². The highest BCUT2D eigenvalue weighted by Crippen LogP contribution is 2.21. The number of piperazine rings is 1. The van der Waals surface area contributed by atoms with Gasteiger partial charge in [0.2, 0.25) is 5.95 Å². The SMILES string of the molecule is O=C(c1ccc(NC2CCCCC2)cn1)N1CCN(c2ncccn2)CC1. The Hall–Kier alpha value is -2.70. The summed E-state index contributed by atoms with van der Waals surface area (Å²) < 4.78 is 0. The van der Waals surface area contributed by atoms with Gasteiger partial charge in [-0.15, -0.1) is 0 Å². The highest BCUT2D eigenvalue weighted by molar-refractivity contribution is 5.92. The molecule has 1 N–H and O–H groups in total. The number of carbonyl (C=O) groups excluding carboxylic acids is 1. The second-order valence-corrected chi connectivity index (χ2v) is 7.24. The molecule has 1 aliphatic carbocycles. The summed E-state index contributed by atoms with van der Waals surface area (Å²) in [6.45, 7) is 2.77. The molecule has 142 valence electrons. The predicted molar refractivity (Wildman–Crippen MR) is 105 cm³/mol. The second kappa shape index (κ2) is 8.33. The van der Waals surface area contributed by atoms with Gasteiger partial charge in [-0.2, -0.15) is 0 Å². The highest BCUT2D eigenvalue weighted by Gasteiger charge is 2.24. The molecule has 0 unspecified atom stereocenters. The second-order valence-electron chi connectivity index (χ2n) is 7.24. The fourth-order valence-electron chi connectivity index (χ4n) is 3.81. The van der Waals surface area contributed by atoms with Crippen LogP contribution in [0.15, 0.2) is 36.8 Å². The van der Waals surface area contributed by atoms with Gasteiger partial charge in [-0.1, -0.05) is 19.3 Å². The first kappa shape index (κ1) is 17.7. The Morgan fingerprint density at radius 2 is 1.70 bits per heavy atom. The van der Waals surface area contributed by atoms with E-state index in [1.54, 1.807) is 18.6 Å². The van der Waals surface area contributed by atoms with Gasteiger partial charge in [-0.05, 0) is 31.0 Å². The molecular weight excluding hydrogens is 340 g/mol. The zero-order valence-corrected chi connectivity index (χ0v) is 15.5. The molecule has 7 nitrogen and oxygen atoms in total. The molecule has 0 spiro atoms. The molecule has 0 atom stereocenters. The van der Waals surface area contributed by atoms with Crippen LogP contribution in [-0.4, -0.2) is 58.0 Å². The van der Waals surface area contributed by atoms with Crippen LogP contribution in [-0.2, 0) is 0 Å². The molecule has 0 radical (unpaired) electrons. The molecule has 1 saturated carbocycles. The van der Waals surface area contributed by atoms with Gasteiger partial charge < -0.3 is 15.1 Å². The minimum Gasteiger partial charge on any atom is -0.381 e. The van der Waals surface area contributed by atoms with Crippen molar-refractivity contribution < 1.29 is 4.79 Å². The smallest absolute Gasteiger partial charge is 0.272 e. The Morgan fingerprint density at radius 1 is 0.963 bits per heavy atom. The Bertz CT molecular complexity index is 737. The minimum absolute atomic E-state index is 0.00662. The minimum atomic E-state index is -0.00662. The molecule has 2 aromatic heterocycles. The van der Waals surface area contributed by atoms with Gasteiger partial charge in [0.05, 0.1) is 11.9 Å². The van der Waals surface area contributed by atoms with Crippen LogP contribution in [0.1, 0.15) is 42.6 Å². The quantitative estimate of drug-likeness (QED) is 0.896. The molecule has 4 rings (SSSR count). The van der Waals surface area contributed by atoms with Crippen molar-refractivity contribution in [2.24, 2.45) is 0 Å². The number of amides is 1. The first-order chi connectivity index (χ1) is 13.3. The first-order valence-electron chi connectivity index (χ1n) is 9.83. The van der Waals surface area contributed by atoms with Crippen molar-refractivity contribution in [2.75, 3.05) is 36.4 Å². The van der Waals surface area contributed by atoms with Gasteiger partial charge in [0.15, 0.2) is 0 Å². The number of nitrogens with zero attached hydrogens (tertiary/aromatic N) is 5. The number of hydrogen-bond acceptors (Lipinski definition) is 6. The lowest BCUT2D eigenvalue weighted by Gasteiger charge is -2.34. The summed E-state index contributed by atoms with van der Waals surface area (Å²) in [6.07, 6.45) is 11.6. The van der Waals surface area contributed by atoms with E-state index < -0.39 is 0 Å². The Balaban J connectivity index is 1.32. The van der Waals surface area contributed by atoms with Crippen LogP contribution in [0.4, 0.5) is 11.6 Å². The van der Waals surface area contributed by atoms with Crippen LogP contribution >= 0.6 is 0 Å². The van der Waals surface area contributed by atoms with Crippen molar-refractivity contribution in [1.29, 1.82) is 0 Å². The van der Waals surface area contributed by atoms with E-state index in [2.05, 4.69) is 25.2 Å². The van der Waals surface area contributed by atoms with Gasteiger partial charge in [-0.3, -0.25) is 4.79 Å². The van der Waals surface area contributed by atoms with E-state index in [-0.39, 0.29) is 5.91 Å². The van der Waals surface area contributed by atoms with Crippen LogP contribution < -0.4 is 10.2 Å². The van der Waals surface area contributed by atoms with Gasteiger partial charge in [0.25, 0.3) is 5.91 Å². The lowest BCUT2D eigenvalue weighted by atomic mass is 9.95. The van der Waals surface area contributed by atoms with Crippen molar-refractivity contribution in [3.63, 3.8) is 0 Å². The van der Waals surface area contributed by atoms with E-state index in [4.69, 9.17) is 0 Å². The van der Waals surface area contributed by atoms with Gasteiger partial charge >= 0.3 is 0 Å². The van der Waals surface area contributed by atoms with E-state index >= 15 is 0 Å². The first-order valence-corrected chi connectivity index (χ1v) is 9.83. The molecule has 3 heterocycles. The summed E-state index contributed by atoms with van der Waals surface area (Å²) in [4.78, 5) is 29.7. The fourth-order valence-corrected chi connectivity index (χ4v) is 3.81. The van der Waals surface area contributed by atoms with Crippen molar-refractivity contribution in [3.8, 4) is 0 Å². The van der Waals surface area contributed by atoms with Crippen molar-refractivity contribution >= 4 is 17.5 Å². The monoisotopic (exact) mass is 366 g/mol. The third-order valence-electron chi connectivity index (χ3n) is 5.36. The third-order valence-corrected chi connectivity index (χ3v) is 5.36. The number of nitrogens with one attached hydrogen (secondary N) is 1. The van der Waals surface area contributed by atoms with Crippen LogP contribution in [0.3, 0.4) is 0 Å². The Labute approximate surface area is 159 Å². The van der Waals surface area contributed by atoms with E-state index in [0.29, 0.717) is 24.8 Å². The van der Waals surface area contributed by atoms with Crippen molar-refractivity contribution in [1.82, 2.24) is 19.9 Å². The predicted octanol–water partition coefficient (Wildman–Crippen LogP) is 2.58. The molecule has 1 amide bonds. The number of hydrogen-bond donors (Lipinski definition) is 1. The molecule has 0 aromatic carbocycles. The van der Waals surface area contributed by atoms with Gasteiger partial charge in [0.1, 0.15) is 5.69 Å². The zero-order valence-electron chi connectivity index (χ0n) is 15.5. The molecule has 0 bridgehead atoms. The lowest BCUT2D eigenvalue weighted by Crippen LogP contribution is -2.49. The lowest BCUT2D eigenvalue weighted by molar-refractivity contribution is 0.0740. The molecule has 2 fully saturated rings. The van der Waals surface area contributed by atoms with Crippen LogP contribution in [0.25, 0.3) is 0 Å². The van der Waals surface area contributed by atoms with Gasteiger partial charge in [0, 0.05) is 44.6 Å². The molecule has 1 saturated heterocycles. The van der Waals surface area contributed by atoms with Crippen molar-refractivity contribution in [2.45, 2.75) is 38.1 Å². The maximum Gasteiger partial charge on any atom is 0.272 e.